The van der Waals surface area contributed by atoms with Crippen LogP contribution in [0.1, 0.15) is 18.0 Å². The highest BCUT2D eigenvalue weighted by Crippen LogP contribution is 2.35. The van der Waals surface area contributed by atoms with Crippen molar-refractivity contribution in [3.05, 3.63) is 22.7 Å². The summed E-state index contributed by atoms with van der Waals surface area (Å²) in [5.41, 5.74) is 6.24. The number of aliphatic hydroxyl groups is 1. The lowest BCUT2D eigenvalue weighted by molar-refractivity contribution is 0.275. The molecule has 0 aliphatic heterocycles. The molecular formula is C10H14ClNO3. The maximum Gasteiger partial charge on any atom is 0.139 e. The van der Waals surface area contributed by atoms with Crippen LogP contribution in [0.15, 0.2) is 12.1 Å². The van der Waals surface area contributed by atoms with Gasteiger partial charge in [-0.25, -0.2) is 0 Å². The van der Waals surface area contributed by atoms with Crippen LogP contribution in [0, 0.1) is 0 Å². The van der Waals surface area contributed by atoms with Crippen molar-refractivity contribution >= 4 is 11.6 Å². The van der Waals surface area contributed by atoms with Crippen molar-refractivity contribution in [2.45, 2.75) is 12.5 Å². The number of methoxy groups -OCH3 is 1. The second-order valence-corrected chi connectivity index (χ2v) is 3.57. The number of nitrogens with two attached hydrogens (primary N) is 1. The molecule has 4 nitrogen and oxygen atoms in total. The van der Waals surface area contributed by atoms with E-state index >= 15 is 0 Å². The molecule has 1 rings (SSSR count). The molecule has 0 saturated heterocycles. The molecule has 1 aromatic carbocycles. The minimum Gasteiger partial charge on any atom is -0.506 e. The van der Waals surface area contributed by atoms with Crippen LogP contribution in [-0.2, 0) is 0 Å². The van der Waals surface area contributed by atoms with Gasteiger partial charge >= 0.3 is 0 Å². The Bertz CT molecular complexity index is 344. The summed E-state index contributed by atoms with van der Waals surface area (Å²) in [6.45, 7) is -0.0462. The van der Waals surface area contributed by atoms with Gasteiger partial charge in [0.15, 0.2) is 0 Å². The van der Waals surface area contributed by atoms with Gasteiger partial charge in [-0.3, -0.25) is 0 Å². The van der Waals surface area contributed by atoms with E-state index in [1.165, 1.54) is 13.2 Å². The zero-order chi connectivity index (χ0) is 11.4. The van der Waals surface area contributed by atoms with E-state index < -0.39 is 6.04 Å². The first-order valence-electron chi connectivity index (χ1n) is 4.53. The van der Waals surface area contributed by atoms with Gasteiger partial charge in [0.2, 0.25) is 0 Å². The van der Waals surface area contributed by atoms with Crippen LogP contribution in [0.2, 0.25) is 5.02 Å². The minimum atomic E-state index is -0.456. The first kappa shape index (κ1) is 12.1. The number of halogens is 1. The largest absolute Gasteiger partial charge is 0.506 e. The summed E-state index contributed by atoms with van der Waals surface area (Å²) in [5.74, 6) is 0.472. The Morgan fingerprint density at radius 1 is 1.53 bits per heavy atom. The monoisotopic (exact) mass is 231 g/mol. The van der Waals surface area contributed by atoms with Crippen molar-refractivity contribution < 1.29 is 14.9 Å². The number of hydrogen-bond donors (Lipinski definition) is 3. The third-order valence-electron chi connectivity index (χ3n) is 2.14. The Morgan fingerprint density at radius 2 is 2.20 bits per heavy atom. The van der Waals surface area contributed by atoms with Crippen LogP contribution in [0.4, 0.5) is 0 Å². The molecule has 1 unspecified atom stereocenters. The number of aromatic hydroxyl groups is 1. The topological polar surface area (TPSA) is 75.7 Å². The fraction of sp³-hybridized carbons (Fsp3) is 0.400. The normalized spacial score (nSPS) is 12.5. The summed E-state index contributed by atoms with van der Waals surface area (Å²) in [6, 6.07) is 2.66. The Kier molecular flexibility index (Phi) is 4.20. The van der Waals surface area contributed by atoms with Crippen molar-refractivity contribution in [2.24, 2.45) is 5.73 Å². The number of hydrogen-bond acceptors (Lipinski definition) is 4. The number of rotatable bonds is 4. The van der Waals surface area contributed by atoms with Crippen LogP contribution < -0.4 is 10.5 Å². The molecule has 0 amide bonds. The van der Waals surface area contributed by atoms with Gasteiger partial charge in [0.05, 0.1) is 12.1 Å². The van der Waals surface area contributed by atoms with E-state index in [2.05, 4.69) is 0 Å². The molecular weight excluding hydrogens is 218 g/mol. The summed E-state index contributed by atoms with van der Waals surface area (Å²) in [7, 11) is 1.50. The molecule has 0 heterocycles. The molecule has 1 aromatic rings. The van der Waals surface area contributed by atoms with E-state index in [0.717, 1.165) is 0 Å². The lowest BCUT2D eigenvalue weighted by Gasteiger charge is -2.14. The van der Waals surface area contributed by atoms with Crippen molar-refractivity contribution in [3.8, 4) is 11.5 Å². The molecule has 0 saturated carbocycles. The van der Waals surface area contributed by atoms with Gasteiger partial charge in [-0.2, -0.15) is 0 Å². The summed E-state index contributed by atoms with van der Waals surface area (Å²) in [5, 5.41) is 18.6. The first-order valence-corrected chi connectivity index (χ1v) is 4.90. The van der Waals surface area contributed by atoms with Crippen molar-refractivity contribution in [1.29, 1.82) is 0 Å². The molecule has 84 valence electrons. The second kappa shape index (κ2) is 5.21. The zero-order valence-electron chi connectivity index (χ0n) is 8.40. The molecule has 0 spiro atoms. The van der Waals surface area contributed by atoms with Gasteiger partial charge in [-0.1, -0.05) is 11.6 Å². The Morgan fingerprint density at radius 3 is 2.73 bits per heavy atom. The maximum absolute atomic E-state index is 9.67. The van der Waals surface area contributed by atoms with Crippen LogP contribution in [0.3, 0.4) is 0 Å². The number of phenols is 1. The van der Waals surface area contributed by atoms with Crippen LogP contribution in [0.25, 0.3) is 0 Å². The van der Waals surface area contributed by atoms with Crippen molar-refractivity contribution in [1.82, 2.24) is 0 Å². The van der Waals surface area contributed by atoms with E-state index in [-0.39, 0.29) is 17.4 Å². The minimum absolute atomic E-state index is 0.0462. The summed E-state index contributed by atoms with van der Waals surface area (Å²) in [6.07, 6.45) is 0.358. The molecule has 15 heavy (non-hydrogen) atoms. The SMILES string of the molecule is COc1cc(Cl)c(O)c(C(N)CCO)c1. The summed E-state index contributed by atoms with van der Waals surface area (Å²) in [4.78, 5) is 0. The third kappa shape index (κ3) is 2.75. The molecule has 5 heteroatoms. The molecule has 0 fully saturated rings. The quantitative estimate of drug-likeness (QED) is 0.733. The highest BCUT2D eigenvalue weighted by atomic mass is 35.5. The molecule has 1 atom stereocenters. The van der Waals surface area contributed by atoms with Crippen LogP contribution >= 0.6 is 11.6 Å². The zero-order valence-corrected chi connectivity index (χ0v) is 9.16. The van der Waals surface area contributed by atoms with E-state index in [4.69, 9.17) is 27.2 Å². The fourth-order valence-corrected chi connectivity index (χ4v) is 1.51. The van der Waals surface area contributed by atoms with Gasteiger partial charge in [0.1, 0.15) is 11.5 Å². The third-order valence-corrected chi connectivity index (χ3v) is 2.43. The Balaban J connectivity index is 3.09. The molecule has 0 radical (unpaired) electrons. The predicted octanol–water partition coefficient (Wildman–Crippen LogP) is 1.44. The van der Waals surface area contributed by atoms with E-state index in [1.54, 1.807) is 6.07 Å². The highest BCUT2D eigenvalue weighted by Gasteiger charge is 2.15. The fourth-order valence-electron chi connectivity index (χ4n) is 1.29. The smallest absolute Gasteiger partial charge is 0.139 e. The number of aliphatic hydroxyl groups excluding tert-OH is 1. The van der Waals surface area contributed by atoms with Crippen LogP contribution in [-0.4, -0.2) is 23.9 Å². The molecule has 0 aliphatic carbocycles. The molecule has 0 aliphatic rings. The Hall–Kier alpha value is -0.970. The van der Waals surface area contributed by atoms with Gasteiger partial charge < -0.3 is 20.7 Å². The molecule has 4 N–H and O–H groups in total. The number of benzene rings is 1. The molecule has 0 aromatic heterocycles. The Labute approximate surface area is 93.2 Å². The van der Waals surface area contributed by atoms with E-state index in [0.29, 0.717) is 17.7 Å². The second-order valence-electron chi connectivity index (χ2n) is 3.17. The average Bonchev–Trinajstić information content (AvgIpc) is 2.22. The molecule has 0 bridgehead atoms. The summed E-state index contributed by atoms with van der Waals surface area (Å²) >= 11 is 5.79. The summed E-state index contributed by atoms with van der Waals surface area (Å²) < 4.78 is 5.01. The van der Waals surface area contributed by atoms with Crippen LogP contribution in [0.5, 0.6) is 11.5 Å². The number of ether oxygens (including phenoxy) is 1. The van der Waals surface area contributed by atoms with Gasteiger partial charge in [0.25, 0.3) is 0 Å². The standard InChI is InChI=1S/C10H14ClNO3/c1-15-6-4-7(9(12)2-3-13)10(14)8(11)5-6/h4-5,9,13-14H,2-3,12H2,1H3. The van der Waals surface area contributed by atoms with Crippen molar-refractivity contribution in [3.63, 3.8) is 0 Å². The van der Waals surface area contributed by atoms with Gasteiger partial charge in [-0.05, 0) is 12.5 Å². The maximum atomic E-state index is 9.67. The lowest BCUT2D eigenvalue weighted by atomic mass is 10.0. The first-order chi connectivity index (χ1) is 7.10. The van der Waals surface area contributed by atoms with Gasteiger partial charge in [-0.15, -0.1) is 0 Å². The van der Waals surface area contributed by atoms with E-state index in [1.807, 2.05) is 0 Å². The lowest BCUT2D eigenvalue weighted by Crippen LogP contribution is -2.12. The average molecular weight is 232 g/mol. The predicted molar refractivity (Wildman–Crippen MR) is 58.3 cm³/mol. The van der Waals surface area contributed by atoms with Crippen molar-refractivity contribution in [2.75, 3.05) is 13.7 Å². The van der Waals surface area contributed by atoms with Gasteiger partial charge in [0, 0.05) is 24.3 Å². The number of phenolic OH excluding ortho intramolecular Hbond substituents is 1. The van der Waals surface area contributed by atoms with E-state index in [9.17, 15) is 5.11 Å². The highest BCUT2D eigenvalue weighted by molar-refractivity contribution is 6.32.